The van der Waals surface area contributed by atoms with E-state index in [0.717, 1.165) is 27.7 Å². The van der Waals surface area contributed by atoms with E-state index in [-0.39, 0.29) is 42.3 Å². The molecule has 1 aliphatic rings. The molecule has 4 aromatic heterocycles. The fourth-order valence-corrected chi connectivity index (χ4v) is 11.2. The lowest BCUT2D eigenvalue weighted by atomic mass is 10.1. The highest BCUT2D eigenvalue weighted by atomic mass is 32.1. The molecule has 6 aromatic rings. The summed E-state index contributed by atoms with van der Waals surface area (Å²) in [6.07, 6.45) is -0.185. The van der Waals surface area contributed by atoms with Crippen molar-refractivity contribution >= 4 is 81.5 Å². The minimum absolute atomic E-state index is 0.0533. The molecule has 0 radical (unpaired) electrons. The third kappa shape index (κ3) is 14.2. The molecule has 0 aliphatic carbocycles. The van der Waals surface area contributed by atoms with Crippen molar-refractivity contribution in [2.24, 2.45) is 0 Å². The molecule has 19 nitrogen and oxygen atoms in total. The van der Waals surface area contributed by atoms with Crippen LogP contribution in [0, 0.1) is 13.8 Å². The number of carboxylic acid groups (broad SMARTS) is 1. The number of hydrogen-bond acceptors (Lipinski definition) is 17. The SMILES string of the molecule is CCOP(=O)(CNC(=O)c1ccc(N(C)Cc2ccc3nc(C)[nH]c(=O)c3c2)s1)OCC.CCOP(=O)(OCC)C1CN1.Cc1nc2ccc(CN(C)c3ccc(C(=O)O)s3)cc2c(=O)[nH]1. The Morgan fingerprint density at radius 1 is 0.727 bits per heavy atom. The summed E-state index contributed by atoms with van der Waals surface area (Å²) in [4.78, 5) is 66.5. The maximum Gasteiger partial charge on any atom is 0.349 e. The van der Waals surface area contributed by atoms with E-state index in [1.807, 2.05) is 80.2 Å². The molecule has 7 rings (SSSR count). The van der Waals surface area contributed by atoms with Crippen LogP contribution in [0.4, 0.5) is 10.0 Å². The van der Waals surface area contributed by atoms with Gasteiger partial charge in [0.15, 0.2) is 0 Å². The minimum atomic E-state index is -3.35. The summed E-state index contributed by atoms with van der Waals surface area (Å²) in [5.74, 6) is -0.147. The van der Waals surface area contributed by atoms with E-state index in [9.17, 15) is 28.3 Å². The Morgan fingerprint density at radius 2 is 1.17 bits per heavy atom. The molecule has 1 atom stereocenters. The summed E-state index contributed by atoms with van der Waals surface area (Å²) in [6.45, 7) is 13.8. The van der Waals surface area contributed by atoms with Crippen LogP contribution in [-0.2, 0) is 40.3 Å². The molecule has 66 heavy (non-hydrogen) atoms. The summed E-state index contributed by atoms with van der Waals surface area (Å²) < 4.78 is 44.7. The Bertz CT molecular complexity index is 2820. The zero-order valence-corrected chi connectivity index (χ0v) is 41.5. The van der Waals surface area contributed by atoms with Gasteiger partial charge in [0.05, 0.1) is 63.1 Å². The fourth-order valence-electron chi connectivity index (χ4n) is 6.44. The Morgan fingerprint density at radius 3 is 1.58 bits per heavy atom. The number of aromatic carboxylic acids is 1. The largest absolute Gasteiger partial charge is 0.477 e. The van der Waals surface area contributed by atoms with Crippen LogP contribution in [0.15, 0.2) is 70.3 Å². The van der Waals surface area contributed by atoms with Gasteiger partial charge in [0, 0.05) is 33.7 Å². The Balaban J connectivity index is 0.000000208. The third-order valence-electron chi connectivity index (χ3n) is 9.46. The molecule has 2 aromatic carbocycles. The van der Waals surface area contributed by atoms with Gasteiger partial charge in [0.2, 0.25) is 0 Å². The van der Waals surface area contributed by atoms with E-state index in [2.05, 4.69) is 30.6 Å². The monoisotopic (exact) mass is 986 g/mol. The molecule has 5 N–H and O–H groups in total. The number of nitrogens with one attached hydrogen (secondary N) is 4. The van der Waals surface area contributed by atoms with Crippen molar-refractivity contribution < 1.29 is 41.9 Å². The molecule has 0 saturated carbocycles. The molecule has 1 amide bonds. The van der Waals surface area contributed by atoms with Crippen molar-refractivity contribution in [1.29, 1.82) is 0 Å². The van der Waals surface area contributed by atoms with Crippen molar-refractivity contribution in [2.75, 3.05) is 63.2 Å². The summed E-state index contributed by atoms with van der Waals surface area (Å²) in [5, 5.41) is 17.4. The predicted molar refractivity (Wildman–Crippen MR) is 260 cm³/mol. The predicted octanol–water partition coefficient (Wildman–Crippen LogP) is 7.69. The van der Waals surface area contributed by atoms with Gasteiger partial charge >= 0.3 is 21.2 Å². The average molecular weight is 987 g/mol. The highest BCUT2D eigenvalue weighted by Crippen LogP contribution is 2.55. The number of benzene rings is 2. The van der Waals surface area contributed by atoms with Crippen molar-refractivity contribution in [1.82, 2.24) is 30.6 Å². The quantitative estimate of drug-likeness (QED) is 0.0385. The van der Waals surface area contributed by atoms with Crippen molar-refractivity contribution in [3.63, 3.8) is 0 Å². The van der Waals surface area contributed by atoms with Gasteiger partial charge in [0.1, 0.15) is 28.6 Å². The first-order chi connectivity index (χ1) is 31.4. The first kappa shape index (κ1) is 51.9. The molecule has 0 spiro atoms. The topological polar surface area (TPSA) is 257 Å². The summed E-state index contributed by atoms with van der Waals surface area (Å²) in [5.41, 5.74) is 2.92. The number of anilines is 2. The number of carbonyl (C=O) groups is 2. The van der Waals surface area contributed by atoms with E-state index in [1.54, 1.807) is 45.9 Å². The van der Waals surface area contributed by atoms with Gasteiger partial charge < -0.3 is 53.6 Å². The maximum atomic E-state index is 12.5. The molecule has 0 bridgehead atoms. The van der Waals surface area contributed by atoms with Crippen LogP contribution in [0.25, 0.3) is 21.8 Å². The number of carboxylic acids is 1. The number of rotatable bonds is 19. The summed E-state index contributed by atoms with van der Waals surface area (Å²) >= 11 is 2.54. The second-order valence-corrected chi connectivity index (χ2v) is 21.1. The van der Waals surface area contributed by atoms with Gasteiger partial charge in [-0.1, -0.05) is 12.1 Å². The fraction of sp³-hybridized carbons (Fsp3) is 0.395. The lowest BCUT2D eigenvalue weighted by Gasteiger charge is -2.18. The number of aromatic amines is 2. The van der Waals surface area contributed by atoms with Gasteiger partial charge in [-0.2, -0.15) is 0 Å². The van der Waals surface area contributed by atoms with E-state index in [4.69, 9.17) is 23.2 Å². The van der Waals surface area contributed by atoms with Crippen LogP contribution in [0.1, 0.15) is 69.8 Å². The van der Waals surface area contributed by atoms with Crippen LogP contribution in [-0.4, -0.2) is 96.1 Å². The number of H-pyrrole nitrogens is 2. The molecular weight excluding hydrogens is 931 g/mol. The van der Waals surface area contributed by atoms with Gasteiger partial charge in [0.25, 0.3) is 17.0 Å². The highest BCUT2D eigenvalue weighted by molar-refractivity contribution is 7.55. The zero-order chi connectivity index (χ0) is 48.2. The van der Waals surface area contributed by atoms with Crippen LogP contribution >= 0.6 is 37.9 Å². The Labute approximate surface area is 390 Å². The average Bonchev–Trinajstić information content (AvgIpc) is 3.79. The van der Waals surface area contributed by atoms with E-state index in [1.165, 1.54) is 22.7 Å². The molecule has 1 aliphatic heterocycles. The third-order valence-corrected chi connectivity index (χ3v) is 16.1. The molecule has 5 heterocycles. The number of aromatic nitrogens is 4. The maximum absolute atomic E-state index is 12.5. The van der Waals surface area contributed by atoms with E-state index >= 15 is 0 Å². The second-order valence-electron chi connectivity index (χ2n) is 14.7. The minimum Gasteiger partial charge on any atom is -0.477 e. The first-order valence-electron chi connectivity index (χ1n) is 21.0. The van der Waals surface area contributed by atoms with E-state index < -0.39 is 21.2 Å². The second kappa shape index (κ2) is 23.6. The number of carbonyl (C=O) groups excluding carboxylic acids is 1. The smallest absolute Gasteiger partial charge is 0.349 e. The highest BCUT2D eigenvalue weighted by Gasteiger charge is 2.43. The number of hydrogen-bond donors (Lipinski definition) is 5. The number of fused-ring (bicyclic) bond motifs is 2. The number of amides is 1. The van der Waals surface area contributed by atoms with Crippen molar-refractivity contribution in [3.05, 3.63) is 114 Å². The van der Waals surface area contributed by atoms with E-state index in [0.29, 0.717) is 69.5 Å². The molecular formula is C43H56N8O11P2S2. The number of nitrogens with zero attached hydrogens (tertiary/aromatic N) is 4. The molecule has 1 saturated heterocycles. The molecule has 1 fully saturated rings. The van der Waals surface area contributed by atoms with Crippen LogP contribution in [0.2, 0.25) is 0 Å². The molecule has 23 heteroatoms. The molecule has 1 unspecified atom stereocenters. The van der Waals surface area contributed by atoms with Gasteiger partial charge in [-0.15, -0.1) is 22.7 Å². The lowest BCUT2D eigenvalue weighted by Crippen LogP contribution is -2.25. The standard InChI is InChI=1S/C21H27N4O5PS.C16H15N3O3S.C6H14NO3P/c1-5-29-31(28,30-6-2)13-22-21(27)18-9-10-19(32-18)25(4)12-15-7-8-17-16(11-15)20(26)24-14(3)23-17;1-9-17-12-4-3-10(7-11(12)15(20)18-9)8-19(2)14-6-5-13(23-14)16(21)22;1-3-9-11(8,10-4-2)6-5-7-6/h7-11H,5-6,12-13H2,1-4H3,(H,22,27)(H,23,24,26);3-7H,8H2,1-2H3,(H,21,22)(H,17,18,20);6-7H,3-5H2,1-2H3. The Kier molecular flexibility index (Phi) is 18.5. The van der Waals surface area contributed by atoms with Gasteiger partial charge in [-0.3, -0.25) is 23.5 Å². The van der Waals surface area contributed by atoms with Crippen LogP contribution in [0.5, 0.6) is 0 Å². The van der Waals surface area contributed by atoms with Gasteiger partial charge in [-0.25, -0.2) is 14.8 Å². The summed E-state index contributed by atoms with van der Waals surface area (Å²) in [6, 6.07) is 18.1. The van der Waals surface area contributed by atoms with Crippen molar-refractivity contribution in [3.8, 4) is 0 Å². The van der Waals surface area contributed by atoms with Crippen LogP contribution < -0.4 is 31.6 Å². The Hall–Kier alpha value is -5.08. The first-order valence-corrected chi connectivity index (χ1v) is 26.0. The van der Waals surface area contributed by atoms with Gasteiger partial charge in [-0.05, 0) is 101 Å². The summed E-state index contributed by atoms with van der Waals surface area (Å²) in [7, 11) is -2.34. The lowest BCUT2D eigenvalue weighted by molar-refractivity contribution is 0.0701. The molecule has 356 valence electrons. The zero-order valence-electron chi connectivity index (χ0n) is 38.0. The normalized spacial score (nSPS) is 13.4. The number of aryl methyl sites for hydroxylation is 2. The van der Waals surface area contributed by atoms with Crippen LogP contribution in [0.3, 0.4) is 0 Å². The number of thiophene rings is 2. The van der Waals surface area contributed by atoms with Crippen molar-refractivity contribution in [2.45, 2.75) is 60.4 Å².